The van der Waals surface area contributed by atoms with Crippen molar-refractivity contribution >= 4 is 11.6 Å². The molecule has 4 heteroatoms. The Bertz CT molecular complexity index is 333. The fourth-order valence-electron chi connectivity index (χ4n) is 1.07. The number of hydrogen-bond donors (Lipinski definition) is 2. The molecule has 0 aliphatic carbocycles. The van der Waals surface area contributed by atoms with E-state index in [0.717, 1.165) is 0 Å². The molecular formula is C10H12N2O2. The zero-order valence-corrected chi connectivity index (χ0v) is 7.90. The maximum atomic E-state index is 11.4. The number of oxime groups is 1. The molecule has 74 valence electrons. The van der Waals surface area contributed by atoms with Crippen molar-refractivity contribution in [3.05, 3.63) is 35.9 Å². The summed E-state index contributed by atoms with van der Waals surface area (Å²) >= 11 is 0. The minimum Gasteiger partial charge on any atom is -0.410 e. The van der Waals surface area contributed by atoms with E-state index in [4.69, 9.17) is 5.21 Å². The van der Waals surface area contributed by atoms with Crippen LogP contribution in [0.1, 0.15) is 12.5 Å². The molecule has 0 saturated carbocycles. The van der Waals surface area contributed by atoms with Crippen LogP contribution in [0.2, 0.25) is 0 Å². The lowest BCUT2D eigenvalue weighted by atomic mass is 10.1. The Morgan fingerprint density at radius 2 is 2.07 bits per heavy atom. The predicted molar refractivity (Wildman–Crippen MR) is 53.4 cm³/mol. The van der Waals surface area contributed by atoms with Gasteiger partial charge in [-0.3, -0.25) is 4.79 Å². The van der Waals surface area contributed by atoms with E-state index in [9.17, 15) is 4.79 Å². The van der Waals surface area contributed by atoms with E-state index in [-0.39, 0.29) is 11.6 Å². The smallest absolute Gasteiger partial charge is 0.273 e. The van der Waals surface area contributed by atoms with E-state index in [0.29, 0.717) is 12.1 Å². The fraction of sp³-hybridized carbons (Fsp3) is 0.200. The average molecular weight is 192 g/mol. The Morgan fingerprint density at radius 3 is 2.57 bits per heavy atom. The van der Waals surface area contributed by atoms with Crippen molar-refractivity contribution in [1.82, 2.24) is 5.32 Å². The molecule has 0 aromatic heterocycles. The highest BCUT2D eigenvalue weighted by Crippen LogP contribution is 2.00. The van der Waals surface area contributed by atoms with Gasteiger partial charge in [0.25, 0.3) is 5.91 Å². The average Bonchev–Trinajstić information content (AvgIpc) is 2.21. The fourth-order valence-corrected chi connectivity index (χ4v) is 1.07. The Morgan fingerprint density at radius 1 is 1.43 bits per heavy atom. The zero-order chi connectivity index (χ0) is 10.4. The number of nitrogens with one attached hydrogen (secondary N) is 1. The number of carbonyl (C=O) groups is 1. The Labute approximate surface area is 82.2 Å². The number of hydrogen-bond acceptors (Lipinski definition) is 3. The number of nitrogens with zero attached hydrogens (tertiary/aromatic N) is 1. The van der Waals surface area contributed by atoms with E-state index in [2.05, 4.69) is 10.5 Å². The maximum absolute atomic E-state index is 11.4. The van der Waals surface area contributed by atoms with Crippen LogP contribution in [-0.2, 0) is 4.79 Å². The summed E-state index contributed by atoms with van der Waals surface area (Å²) in [5.41, 5.74) is 0.633. The van der Waals surface area contributed by atoms with Gasteiger partial charge in [0.1, 0.15) is 0 Å². The standard InChI is InChI=1S/C10H12N2O2/c1-2-11-10(13)9(12-14)8-6-4-3-5-7-8/h3-7,14H,2H2,1H3,(H,11,13). The van der Waals surface area contributed by atoms with Gasteiger partial charge in [0, 0.05) is 12.1 Å². The molecule has 0 heterocycles. The first-order chi connectivity index (χ1) is 6.79. The van der Waals surface area contributed by atoms with Crippen LogP contribution in [0.5, 0.6) is 0 Å². The molecule has 0 radical (unpaired) electrons. The minimum atomic E-state index is -0.374. The van der Waals surface area contributed by atoms with Gasteiger partial charge in [-0.05, 0) is 6.92 Å². The molecule has 14 heavy (non-hydrogen) atoms. The highest BCUT2D eigenvalue weighted by Gasteiger charge is 2.12. The highest BCUT2D eigenvalue weighted by molar-refractivity contribution is 6.45. The number of carbonyl (C=O) groups excluding carboxylic acids is 1. The van der Waals surface area contributed by atoms with Crippen LogP contribution in [0.25, 0.3) is 0 Å². The minimum absolute atomic E-state index is 0.0347. The number of likely N-dealkylation sites (N-methyl/N-ethyl adjacent to an activating group) is 1. The van der Waals surface area contributed by atoms with Gasteiger partial charge in [-0.1, -0.05) is 35.5 Å². The molecule has 0 fully saturated rings. The summed E-state index contributed by atoms with van der Waals surface area (Å²) in [4.78, 5) is 11.4. The first kappa shape index (κ1) is 10.2. The summed E-state index contributed by atoms with van der Waals surface area (Å²) in [5, 5.41) is 14.3. The van der Waals surface area contributed by atoms with Crippen molar-refractivity contribution < 1.29 is 10.0 Å². The summed E-state index contributed by atoms with van der Waals surface area (Å²) in [6.07, 6.45) is 0. The van der Waals surface area contributed by atoms with Crippen LogP contribution < -0.4 is 5.32 Å². The number of rotatable bonds is 3. The number of amides is 1. The molecule has 0 bridgehead atoms. The van der Waals surface area contributed by atoms with E-state index < -0.39 is 0 Å². The first-order valence-corrected chi connectivity index (χ1v) is 4.35. The van der Waals surface area contributed by atoms with Crippen molar-refractivity contribution in [2.24, 2.45) is 5.16 Å². The van der Waals surface area contributed by atoms with Crippen LogP contribution in [0, 0.1) is 0 Å². The largest absolute Gasteiger partial charge is 0.410 e. The van der Waals surface area contributed by atoms with E-state index in [1.54, 1.807) is 31.2 Å². The Balaban J connectivity index is 2.89. The number of benzene rings is 1. The van der Waals surface area contributed by atoms with Crippen molar-refractivity contribution in [3.63, 3.8) is 0 Å². The van der Waals surface area contributed by atoms with Gasteiger partial charge >= 0.3 is 0 Å². The normalized spacial score (nSPS) is 11.1. The Kier molecular flexibility index (Phi) is 3.67. The van der Waals surface area contributed by atoms with Crippen LogP contribution in [0.4, 0.5) is 0 Å². The third kappa shape index (κ3) is 2.32. The zero-order valence-electron chi connectivity index (χ0n) is 7.90. The molecule has 1 aromatic carbocycles. The lowest BCUT2D eigenvalue weighted by molar-refractivity contribution is -0.114. The van der Waals surface area contributed by atoms with Gasteiger partial charge in [-0.15, -0.1) is 0 Å². The molecule has 0 saturated heterocycles. The molecule has 1 rings (SSSR count). The maximum Gasteiger partial charge on any atom is 0.273 e. The summed E-state index contributed by atoms with van der Waals surface area (Å²) in [6.45, 7) is 2.31. The lowest BCUT2D eigenvalue weighted by Crippen LogP contribution is -2.31. The first-order valence-electron chi connectivity index (χ1n) is 4.35. The van der Waals surface area contributed by atoms with E-state index in [1.807, 2.05) is 6.07 Å². The van der Waals surface area contributed by atoms with Gasteiger partial charge in [-0.25, -0.2) is 0 Å². The topological polar surface area (TPSA) is 61.7 Å². The third-order valence-corrected chi connectivity index (χ3v) is 1.70. The lowest BCUT2D eigenvalue weighted by Gasteiger charge is -2.03. The van der Waals surface area contributed by atoms with Crippen molar-refractivity contribution in [1.29, 1.82) is 0 Å². The predicted octanol–water partition coefficient (Wildman–Crippen LogP) is 1.00. The van der Waals surface area contributed by atoms with Crippen molar-refractivity contribution in [3.8, 4) is 0 Å². The summed E-state index contributed by atoms with van der Waals surface area (Å²) in [6, 6.07) is 8.81. The van der Waals surface area contributed by atoms with Crippen LogP contribution in [0.15, 0.2) is 35.5 Å². The molecule has 4 nitrogen and oxygen atoms in total. The van der Waals surface area contributed by atoms with Gasteiger partial charge in [-0.2, -0.15) is 0 Å². The second-order valence-corrected chi connectivity index (χ2v) is 2.67. The second-order valence-electron chi connectivity index (χ2n) is 2.67. The van der Waals surface area contributed by atoms with Crippen molar-refractivity contribution in [2.45, 2.75) is 6.92 Å². The van der Waals surface area contributed by atoms with Crippen LogP contribution in [-0.4, -0.2) is 23.4 Å². The molecule has 1 aromatic rings. The van der Waals surface area contributed by atoms with Crippen LogP contribution in [0.3, 0.4) is 0 Å². The summed E-state index contributed by atoms with van der Waals surface area (Å²) < 4.78 is 0. The van der Waals surface area contributed by atoms with E-state index >= 15 is 0 Å². The molecule has 0 spiro atoms. The molecule has 2 N–H and O–H groups in total. The van der Waals surface area contributed by atoms with Crippen LogP contribution >= 0.6 is 0 Å². The molecule has 1 amide bonds. The van der Waals surface area contributed by atoms with Crippen molar-refractivity contribution in [2.75, 3.05) is 6.54 Å². The SMILES string of the molecule is CCNC(=O)C(=NO)c1ccccc1. The summed E-state index contributed by atoms with van der Waals surface area (Å²) in [7, 11) is 0. The van der Waals surface area contributed by atoms with Gasteiger partial charge in [0.2, 0.25) is 0 Å². The second kappa shape index (κ2) is 5.01. The Hall–Kier alpha value is -1.84. The molecule has 0 unspecified atom stereocenters. The molecule has 0 aliphatic rings. The highest BCUT2D eigenvalue weighted by atomic mass is 16.4. The monoisotopic (exact) mass is 192 g/mol. The molecule has 0 atom stereocenters. The van der Waals surface area contributed by atoms with Gasteiger partial charge in [0.05, 0.1) is 0 Å². The summed E-state index contributed by atoms with van der Waals surface area (Å²) in [5.74, 6) is -0.374. The molecule has 0 aliphatic heterocycles. The van der Waals surface area contributed by atoms with E-state index in [1.165, 1.54) is 0 Å². The van der Waals surface area contributed by atoms with Gasteiger partial charge in [0.15, 0.2) is 5.71 Å². The van der Waals surface area contributed by atoms with Gasteiger partial charge < -0.3 is 10.5 Å². The third-order valence-electron chi connectivity index (χ3n) is 1.70. The quantitative estimate of drug-likeness (QED) is 0.426. The molecular weight excluding hydrogens is 180 g/mol.